The maximum atomic E-state index is 10.8. The molecule has 21 heavy (non-hydrogen) atoms. The minimum Gasteiger partial charge on any atom is -0.543 e. The van der Waals surface area contributed by atoms with Crippen molar-refractivity contribution in [2.75, 3.05) is 0 Å². The number of hydrogen-bond donors (Lipinski definition) is 0. The van der Waals surface area contributed by atoms with Gasteiger partial charge in [-0.15, -0.1) is 11.3 Å². The van der Waals surface area contributed by atoms with Gasteiger partial charge in [0, 0.05) is 22.0 Å². The third kappa shape index (κ3) is 3.03. The molecule has 0 aliphatic rings. The molecule has 0 amide bonds. The number of hydrogen-bond acceptors (Lipinski definition) is 4. The average Bonchev–Trinajstić information content (AvgIpc) is 3.01. The van der Waals surface area contributed by atoms with Crippen LogP contribution in [0.1, 0.15) is 23.0 Å². The fraction of sp³-hybridized carbons (Fsp3) is 0.143. The van der Waals surface area contributed by atoms with Gasteiger partial charge in [0.2, 0.25) is 0 Å². The van der Waals surface area contributed by atoms with Crippen molar-refractivity contribution in [1.82, 2.24) is 9.55 Å². The van der Waals surface area contributed by atoms with Crippen molar-refractivity contribution < 1.29 is 39.5 Å². The zero-order valence-electron chi connectivity index (χ0n) is 11.6. The molecule has 3 aromatic rings. The first kappa shape index (κ1) is 16.5. The minimum absolute atomic E-state index is 0. The van der Waals surface area contributed by atoms with Crippen molar-refractivity contribution >= 4 is 39.8 Å². The molecule has 0 radical (unpaired) electrons. The van der Waals surface area contributed by atoms with Crippen molar-refractivity contribution in [2.45, 2.75) is 13.3 Å². The Kier molecular flexibility index (Phi) is 5.11. The molecule has 0 bridgehead atoms. The summed E-state index contributed by atoms with van der Waals surface area (Å²) in [6, 6.07) is 5.68. The molecule has 3 rings (SSSR count). The smallest absolute Gasteiger partial charge is 0.543 e. The van der Waals surface area contributed by atoms with Gasteiger partial charge in [0.1, 0.15) is 0 Å². The summed E-state index contributed by atoms with van der Waals surface area (Å²) in [5, 5.41) is 14.6. The molecule has 0 aliphatic carbocycles. The molecule has 0 saturated heterocycles. The van der Waals surface area contributed by atoms with Crippen LogP contribution in [0.4, 0.5) is 0 Å². The van der Waals surface area contributed by atoms with Crippen LogP contribution in [-0.2, 0) is 6.42 Å². The minimum atomic E-state index is -1.27. The number of carboxylic acid groups (broad SMARTS) is 1. The first-order valence-electron chi connectivity index (χ1n) is 6.07. The molecule has 0 aliphatic heterocycles. The second kappa shape index (κ2) is 6.50. The SMILES string of the molecule is CCc1cn(-c2nc(C(=O)[O-])cs2)c2cc(Cl)ccc12.[Na+]. The van der Waals surface area contributed by atoms with Gasteiger partial charge in [0.15, 0.2) is 5.13 Å². The standard InChI is InChI=1S/C14H11ClN2O2S.Na/c1-2-8-6-17(12-5-9(15)3-4-10(8)12)14-16-11(7-20-14)13(18)19;/h3-7H,2H2,1H3,(H,18,19);/q;+1/p-1. The molecular formula is C14H10ClN2NaO2S. The van der Waals surface area contributed by atoms with Gasteiger partial charge in [-0.25, -0.2) is 4.98 Å². The van der Waals surface area contributed by atoms with Crippen LogP contribution in [0, 0.1) is 0 Å². The maximum Gasteiger partial charge on any atom is 1.00 e. The molecule has 102 valence electrons. The Morgan fingerprint density at radius 2 is 2.24 bits per heavy atom. The Balaban J connectivity index is 0.00000161. The quantitative estimate of drug-likeness (QED) is 0.619. The van der Waals surface area contributed by atoms with Gasteiger partial charge in [-0.05, 0) is 24.1 Å². The summed E-state index contributed by atoms with van der Waals surface area (Å²) in [5.74, 6) is -1.27. The van der Waals surface area contributed by atoms with Gasteiger partial charge >= 0.3 is 29.6 Å². The zero-order chi connectivity index (χ0) is 14.3. The van der Waals surface area contributed by atoms with Crippen LogP contribution < -0.4 is 34.7 Å². The van der Waals surface area contributed by atoms with Gasteiger partial charge in [0.25, 0.3) is 0 Å². The summed E-state index contributed by atoms with van der Waals surface area (Å²) < 4.78 is 1.87. The van der Waals surface area contributed by atoms with E-state index in [2.05, 4.69) is 11.9 Å². The number of carbonyl (C=O) groups is 1. The van der Waals surface area contributed by atoms with E-state index in [1.165, 1.54) is 22.3 Å². The molecule has 2 aromatic heterocycles. The summed E-state index contributed by atoms with van der Waals surface area (Å²) in [6.07, 6.45) is 2.85. The van der Waals surface area contributed by atoms with E-state index in [9.17, 15) is 9.90 Å². The molecule has 0 saturated carbocycles. The third-order valence-corrected chi connectivity index (χ3v) is 4.21. The maximum absolute atomic E-state index is 10.8. The molecule has 7 heteroatoms. The van der Waals surface area contributed by atoms with Crippen LogP contribution in [0.2, 0.25) is 5.02 Å². The van der Waals surface area contributed by atoms with E-state index in [4.69, 9.17) is 11.6 Å². The molecule has 0 unspecified atom stereocenters. The molecular weight excluding hydrogens is 319 g/mol. The predicted octanol–water partition coefficient (Wildman–Crippen LogP) is -0.330. The number of carboxylic acids is 1. The number of benzene rings is 1. The number of thiazole rings is 1. The van der Waals surface area contributed by atoms with Crippen LogP contribution in [0.25, 0.3) is 16.0 Å². The van der Waals surface area contributed by atoms with Crippen LogP contribution in [-0.4, -0.2) is 15.5 Å². The van der Waals surface area contributed by atoms with E-state index >= 15 is 0 Å². The normalized spacial score (nSPS) is 10.6. The number of aryl methyl sites for hydroxylation is 1. The van der Waals surface area contributed by atoms with E-state index in [0.717, 1.165) is 17.3 Å². The zero-order valence-corrected chi connectivity index (χ0v) is 15.2. The van der Waals surface area contributed by atoms with Crippen molar-refractivity contribution in [3.05, 3.63) is 46.1 Å². The summed E-state index contributed by atoms with van der Waals surface area (Å²) >= 11 is 7.32. The first-order valence-corrected chi connectivity index (χ1v) is 7.32. The van der Waals surface area contributed by atoms with Crippen LogP contribution in [0.5, 0.6) is 0 Å². The Morgan fingerprint density at radius 1 is 1.48 bits per heavy atom. The largest absolute Gasteiger partial charge is 1.00 e. The van der Waals surface area contributed by atoms with Crippen LogP contribution >= 0.6 is 22.9 Å². The Labute approximate surface area is 152 Å². The molecule has 1 aromatic carbocycles. The predicted molar refractivity (Wildman–Crippen MR) is 77.7 cm³/mol. The van der Waals surface area contributed by atoms with E-state index in [0.29, 0.717) is 10.2 Å². The van der Waals surface area contributed by atoms with E-state index < -0.39 is 5.97 Å². The average molecular weight is 329 g/mol. The van der Waals surface area contributed by atoms with Gasteiger partial charge in [0.05, 0.1) is 17.2 Å². The molecule has 0 spiro atoms. The topological polar surface area (TPSA) is 58.0 Å². The summed E-state index contributed by atoms with van der Waals surface area (Å²) in [5.41, 5.74) is 2.04. The molecule has 0 fully saturated rings. The second-order valence-electron chi connectivity index (χ2n) is 4.34. The summed E-state index contributed by atoms with van der Waals surface area (Å²) in [4.78, 5) is 14.9. The van der Waals surface area contributed by atoms with Gasteiger partial charge in [-0.2, -0.15) is 0 Å². The first-order chi connectivity index (χ1) is 9.60. The fourth-order valence-corrected chi connectivity index (χ4v) is 3.13. The van der Waals surface area contributed by atoms with E-state index in [1.54, 1.807) is 0 Å². The van der Waals surface area contributed by atoms with Crippen LogP contribution in [0.3, 0.4) is 0 Å². The number of aromatic carboxylic acids is 1. The van der Waals surface area contributed by atoms with E-state index in [1.807, 2.05) is 29.0 Å². The van der Waals surface area contributed by atoms with Crippen LogP contribution in [0.15, 0.2) is 29.8 Å². The van der Waals surface area contributed by atoms with Gasteiger partial charge in [-0.1, -0.05) is 24.6 Å². The number of fused-ring (bicyclic) bond motifs is 1. The number of nitrogens with zero attached hydrogens (tertiary/aromatic N) is 2. The third-order valence-electron chi connectivity index (χ3n) is 3.14. The number of carbonyl (C=O) groups excluding carboxylic acids is 1. The molecule has 2 heterocycles. The van der Waals surface area contributed by atoms with Crippen molar-refractivity contribution in [2.24, 2.45) is 0 Å². The molecule has 4 nitrogen and oxygen atoms in total. The number of rotatable bonds is 3. The van der Waals surface area contributed by atoms with Gasteiger partial charge in [-0.3, -0.25) is 4.57 Å². The Bertz CT molecular complexity index is 813. The van der Waals surface area contributed by atoms with Crippen molar-refractivity contribution in [3.63, 3.8) is 0 Å². The van der Waals surface area contributed by atoms with Crippen molar-refractivity contribution in [1.29, 1.82) is 0 Å². The van der Waals surface area contributed by atoms with Gasteiger partial charge < -0.3 is 9.90 Å². The fourth-order valence-electron chi connectivity index (χ4n) is 2.18. The number of aromatic nitrogens is 2. The molecule has 0 N–H and O–H groups in total. The van der Waals surface area contributed by atoms with E-state index in [-0.39, 0.29) is 35.3 Å². The monoisotopic (exact) mass is 328 g/mol. The molecule has 0 atom stereocenters. The summed E-state index contributed by atoms with van der Waals surface area (Å²) in [6.45, 7) is 2.07. The number of halogens is 1. The Hall–Kier alpha value is -0.850. The Morgan fingerprint density at radius 3 is 2.86 bits per heavy atom. The second-order valence-corrected chi connectivity index (χ2v) is 5.62. The van der Waals surface area contributed by atoms with Crippen molar-refractivity contribution in [3.8, 4) is 5.13 Å². The summed E-state index contributed by atoms with van der Waals surface area (Å²) in [7, 11) is 0.